The Bertz CT molecular complexity index is 236. The molecule has 19 heavy (non-hydrogen) atoms. The van der Waals surface area contributed by atoms with Crippen molar-refractivity contribution in [2.75, 3.05) is 46.3 Å². The molecule has 0 spiro atoms. The Morgan fingerprint density at radius 1 is 1.00 bits per heavy atom. The number of rotatable bonds is 5. The average molecular weight is 267 g/mol. The van der Waals surface area contributed by atoms with E-state index in [1.165, 1.54) is 77.8 Å². The highest BCUT2D eigenvalue weighted by Crippen LogP contribution is 2.25. The molecule has 2 heterocycles. The van der Waals surface area contributed by atoms with E-state index in [-0.39, 0.29) is 0 Å². The molecule has 0 amide bonds. The fraction of sp³-hybridized carbons (Fsp3) is 1.00. The number of nitrogens with one attached hydrogen (secondary N) is 1. The van der Waals surface area contributed by atoms with Crippen molar-refractivity contribution in [2.24, 2.45) is 5.92 Å². The molecular weight excluding hydrogens is 234 g/mol. The van der Waals surface area contributed by atoms with Gasteiger partial charge in [0.15, 0.2) is 0 Å². The highest BCUT2D eigenvalue weighted by atomic mass is 15.2. The van der Waals surface area contributed by atoms with E-state index in [2.05, 4.69) is 29.1 Å². The molecule has 0 aliphatic carbocycles. The largest absolute Gasteiger partial charge is 0.320 e. The first-order chi connectivity index (χ1) is 9.33. The Hall–Kier alpha value is -0.120. The Labute approximate surface area is 119 Å². The van der Waals surface area contributed by atoms with Crippen molar-refractivity contribution in [1.29, 1.82) is 0 Å². The third kappa shape index (κ3) is 4.73. The van der Waals surface area contributed by atoms with Gasteiger partial charge in [-0.05, 0) is 90.8 Å². The Kier molecular flexibility index (Phi) is 6.62. The Morgan fingerprint density at radius 2 is 1.79 bits per heavy atom. The fourth-order valence-corrected chi connectivity index (χ4v) is 3.77. The van der Waals surface area contributed by atoms with Crippen LogP contribution in [0.5, 0.6) is 0 Å². The summed E-state index contributed by atoms with van der Waals surface area (Å²) in [7, 11) is 2.07. The van der Waals surface area contributed by atoms with Crippen molar-refractivity contribution in [3.63, 3.8) is 0 Å². The minimum Gasteiger partial charge on any atom is -0.320 e. The lowest BCUT2D eigenvalue weighted by atomic mass is 9.92. The van der Waals surface area contributed by atoms with Crippen LogP contribution in [0.1, 0.15) is 45.4 Å². The smallest absolute Gasteiger partial charge is 0.0108 e. The predicted molar refractivity (Wildman–Crippen MR) is 82.6 cm³/mol. The molecule has 0 aromatic rings. The van der Waals surface area contributed by atoms with Crippen LogP contribution in [-0.4, -0.2) is 62.2 Å². The first-order valence-corrected chi connectivity index (χ1v) is 8.44. The second-order valence-electron chi connectivity index (χ2n) is 6.39. The summed E-state index contributed by atoms with van der Waals surface area (Å²) in [4.78, 5) is 5.43. The molecule has 2 aliphatic rings. The topological polar surface area (TPSA) is 18.5 Å². The van der Waals surface area contributed by atoms with Gasteiger partial charge in [0.2, 0.25) is 0 Å². The summed E-state index contributed by atoms with van der Waals surface area (Å²) in [6.07, 6.45) is 8.45. The normalized spacial score (nSPS) is 28.4. The van der Waals surface area contributed by atoms with E-state index in [0.29, 0.717) is 0 Å². The lowest BCUT2D eigenvalue weighted by Crippen LogP contribution is -2.42. The molecule has 0 bridgehead atoms. The van der Waals surface area contributed by atoms with Gasteiger partial charge in [-0.2, -0.15) is 0 Å². The van der Waals surface area contributed by atoms with Gasteiger partial charge in [0, 0.05) is 6.04 Å². The monoisotopic (exact) mass is 267 g/mol. The summed E-state index contributed by atoms with van der Waals surface area (Å²) in [6.45, 7) is 10.1. The summed E-state index contributed by atoms with van der Waals surface area (Å²) >= 11 is 0. The molecule has 0 aromatic carbocycles. The molecule has 1 N–H and O–H groups in total. The molecule has 2 fully saturated rings. The van der Waals surface area contributed by atoms with Crippen molar-refractivity contribution in [1.82, 2.24) is 15.1 Å². The molecule has 1 atom stereocenters. The number of piperidine rings is 1. The van der Waals surface area contributed by atoms with Gasteiger partial charge in [0.05, 0.1) is 0 Å². The van der Waals surface area contributed by atoms with Crippen LogP contribution in [0.3, 0.4) is 0 Å². The zero-order valence-corrected chi connectivity index (χ0v) is 13.0. The summed E-state index contributed by atoms with van der Waals surface area (Å²) < 4.78 is 0. The van der Waals surface area contributed by atoms with Crippen molar-refractivity contribution in [3.05, 3.63) is 0 Å². The van der Waals surface area contributed by atoms with E-state index < -0.39 is 0 Å². The quantitative estimate of drug-likeness (QED) is 0.824. The molecule has 2 aliphatic heterocycles. The molecule has 0 radical (unpaired) electrons. The van der Waals surface area contributed by atoms with E-state index in [1.54, 1.807) is 0 Å². The summed E-state index contributed by atoms with van der Waals surface area (Å²) in [5, 5.41) is 3.29. The molecule has 0 saturated carbocycles. The van der Waals surface area contributed by atoms with Gasteiger partial charge in [-0.3, -0.25) is 0 Å². The van der Waals surface area contributed by atoms with E-state index in [0.717, 1.165) is 12.0 Å². The predicted octanol–water partition coefficient (Wildman–Crippen LogP) is 2.18. The van der Waals surface area contributed by atoms with Gasteiger partial charge in [0.1, 0.15) is 0 Å². The summed E-state index contributed by atoms with van der Waals surface area (Å²) in [5.74, 6) is 0.974. The fourth-order valence-electron chi connectivity index (χ4n) is 3.77. The van der Waals surface area contributed by atoms with Gasteiger partial charge in [-0.25, -0.2) is 0 Å². The minimum atomic E-state index is 0.877. The average Bonchev–Trinajstić information content (AvgIpc) is 2.71. The maximum Gasteiger partial charge on any atom is 0.0108 e. The second-order valence-corrected chi connectivity index (χ2v) is 6.39. The Balaban J connectivity index is 1.71. The van der Waals surface area contributed by atoms with E-state index >= 15 is 0 Å². The molecule has 2 rings (SSSR count). The van der Waals surface area contributed by atoms with Crippen LogP contribution in [0, 0.1) is 5.92 Å². The van der Waals surface area contributed by atoms with Gasteiger partial charge < -0.3 is 15.1 Å². The molecule has 0 aromatic heterocycles. The standard InChI is InChI=1S/C16H33N3/c1-3-18-11-4-5-16(9-12-18)19-13-7-15(8-14-19)6-10-17-2/h15-17H,3-14H2,1-2H3. The lowest BCUT2D eigenvalue weighted by Gasteiger charge is -2.37. The third-order valence-corrected chi connectivity index (χ3v) is 5.21. The van der Waals surface area contributed by atoms with Crippen molar-refractivity contribution in [2.45, 2.75) is 51.5 Å². The van der Waals surface area contributed by atoms with Crippen LogP contribution >= 0.6 is 0 Å². The SMILES string of the molecule is CCN1CCCC(N2CCC(CCNC)CC2)CC1. The first-order valence-electron chi connectivity index (χ1n) is 8.44. The highest BCUT2D eigenvalue weighted by Gasteiger charge is 2.26. The van der Waals surface area contributed by atoms with Gasteiger partial charge in [0.25, 0.3) is 0 Å². The molecular formula is C16H33N3. The van der Waals surface area contributed by atoms with E-state index in [4.69, 9.17) is 0 Å². The van der Waals surface area contributed by atoms with E-state index in [1.807, 2.05) is 0 Å². The number of nitrogens with zero attached hydrogens (tertiary/aromatic N) is 2. The number of likely N-dealkylation sites (tertiary alicyclic amines) is 2. The molecule has 2 saturated heterocycles. The van der Waals surface area contributed by atoms with Crippen LogP contribution in [0.15, 0.2) is 0 Å². The zero-order valence-electron chi connectivity index (χ0n) is 13.0. The molecule has 3 nitrogen and oxygen atoms in total. The van der Waals surface area contributed by atoms with Crippen molar-refractivity contribution in [3.8, 4) is 0 Å². The maximum absolute atomic E-state index is 3.29. The minimum absolute atomic E-state index is 0.877. The molecule has 1 unspecified atom stereocenters. The van der Waals surface area contributed by atoms with Crippen LogP contribution in [0.4, 0.5) is 0 Å². The third-order valence-electron chi connectivity index (χ3n) is 5.21. The zero-order chi connectivity index (χ0) is 13.5. The van der Waals surface area contributed by atoms with E-state index in [9.17, 15) is 0 Å². The van der Waals surface area contributed by atoms with Crippen LogP contribution in [0.2, 0.25) is 0 Å². The first kappa shape index (κ1) is 15.3. The summed E-state index contributed by atoms with van der Waals surface area (Å²) in [5.41, 5.74) is 0. The number of hydrogen-bond donors (Lipinski definition) is 1. The highest BCUT2D eigenvalue weighted by molar-refractivity contribution is 4.81. The summed E-state index contributed by atoms with van der Waals surface area (Å²) in [6, 6.07) is 0.877. The maximum atomic E-state index is 3.29. The van der Waals surface area contributed by atoms with Gasteiger partial charge in [-0.15, -0.1) is 0 Å². The molecule has 112 valence electrons. The molecule has 3 heteroatoms. The number of hydrogen-bond acceptors (Lipinski definition) is 3. The van der Waals surface area contributed by atoms with Crippen molar-refractivity contribution >= 4 is 0 Å². The van der Waals surface area contributed by atoms with Crippen LogP contribution in [0.25, 0.3) is 0 Å². The van der Waals surface area contributed by atoms with Crippen LogP contribution in [-0.2, 0) is 0 Å². The van der Waals surface area contributed by atoms with Crippen LogP contribution < -0.4 is 5.32 Å². The lowest BCUT2D eigenvalue weighted by molar-refractivity contribution is 0.118. The van der Waals surface area contributed by atoms with Gasteiger partial charge >= 0.3 is 0 Å². The Morgan fingerprint density at radius 3 is 2.47 bits per heavy atom. The second kappa shape index (κ2) is 8.23. The van der Waals surface area contributed by atoms with Crippen molar-refractivity contribution < 1.29 is 0 Å². The van der Waals surface area contributed by atoms with Gasteiger partial charge in [-0.1, -0.05) is 6.92 Å².